The largest absolute Gasteiger partial charge is 0.0625 e. The highest BCUT2D eigenvalue weighted by Gasteiger charge is 2.37. The van der Waals surface area contributed by atoms with E-state index in [1.54, 1.807) is 10.6 Å². The molecule has 0 N–H and O–H groups in total. The van der Waals surface area contributed by atoms with Gasteiger partial charge in [0.25, 0.3) is 0 Å². The van der Waals surface area contributed by atoms with E-state index in [9.17, 15) is 0 Å². The molecule has 3 atom stereocenters. The summed E-state index contributed by atoms with van der Waals surface area (Å²) in [6.07, 6.45) is 4.20. The van der Waals surface area contributed by atoms with E-state index < -0.39 is 0 Å². The maximum absolute atomic E-state index is 2.45. The Labute approximate surface area is 143 Å². The first-order valence-electron chi connectivity index (χ1n) is 9.06. The van der Waals surface area contributed by atoms with Crippen molar-refractivity contribution in [1.82, 2.24) is 0 Å². The summed E-state index contributed by atoms with van der Waals surface area (Å²) in [6, 6.07) is 22.6. The van der Waals surface area contributed by atoms with Crippen LogP contribution in [0.2, 0.25) is 0 Å². The van der Waals surface area contributed by atoms with Crippen LogP contribution in [0.4, 0.5) is 0 Å². The van der Waals surface area contributed by atoms with E-state index in [1.807, 2.05) is 0 Å². The molecule has 1 fully saturated rings. The van der Waals surface area contributed by atoms with E-state index in [0.717, 1.165) is 23.4 Å². The van der Waals surface area contributed by atoms with Gasteiger partial charge in [-0.25, -0.2) is 0 Å². The van der Waals surface area contributed by atoms with Gasteiger partial charge >= 0.3 is 0 Å². The Morgan fingerprint density at radius 1 is 0.826 bits per heavy atom. The fraction of sp³-hybridized carbons (Fsp3) is 0.455. The smallest absolute Gasteiger partial charge is 0.00955 e. The van der Waals surface area contributed by atoms with Crippen molar-refractivity contribution in [2.45, 2.75) is 45.7 Å². The van der Waals surface area contributed by atoms with Crippen LogP contribution in [0.25, 0.3) is 0 Å². The molecule has 122 valence electrons. The van der Waals surface area contributed by atoms with Gasteiger partial charge in [0, 0.05) is 0 Å². The second-order valence-electron chi connectivity index (χ2n) is 7.43. The maximum atomic E-state index is 2.45. The average molecular weight is 324 g/mol. The molecule has 3 rings (SSSR count). The summed E-state index contributed by atoms with van der Waals surface area (Å²) in [7, 11) is -0.267. The monoisotopic (exact) mass is 324 g/mol. The summed E-state index contributed by atoms with van der Waals surface area (Å²) in [5, 5.41) is 3.11. The molecule has 1 saturated carbocycles. The van der Waals surface area contributed by atoms with E-state index in [1.165, 1.54) is 19.3 Å². The standard InChI is InChI=1S/C22H29P/c1-17(2)21-15-14-18(3)16-22(21)23(19-10-6-4-7-11-19)20-12-8-5-9-13-20/h4-13,17-18,21-22H,14-16H2,1-3H3/t18-,21-,22+/m0/s1. The molecular formula is C22H29P. The highest BCUT2D eigenvalue weighted by molar-refractivity contribution is 7.73. The minimum atomic E-state index is -0.267. The van der Waals surface area contributed by atoms with Crippen LogP contribution in [0.1, 0.15) is 40.0 Å². The zero-order valence-corrected chi connectivity index (χ0v) is 15.5. The van der Waals surface area contributed by atoms with E-state index in [2.05, 4.69) is 81.4 Å². The lowest BCUT2D eigenvalue weighted by Gasteiger charge is -2.42. The molecule has 1 heteroatoms. The van der Waals surface area contributed by atoms with Crippen molar-refractivity contribution in [1.29, 1.82) is 0 Å². The van der Waals surface area contributed by atoms with Crippen molar-refractivity contribution < 1.29 is 0 Å². The highest BCUT2D eigenvalue weighted by Crippen LogP contribution is 2.51. The van der Waals surface area contributed by atoms with Gasteiger partial charge in [-0.05, 0) is 54.8 Å². The van der Waals surface area contributed by atoms with Gasteiger partial charge in [0.05, 0.1) is 0 Å². The van der Waals surface area contributed by atoms with E-state index >= 15 is 0 Å². The molecule has 0 aromatic heterocycles. The maximum Gasteiger partial charge on any atom is -0.00955 e. The lowest BCUT2D eigenvalue weighted by molar-refractivity contribution is 0.242. The van der Waals surface area contributed by atoms with Crippen molar-refractivity contribution in [2.75, 3.05) is 0 Å². The topological polar surface area (TPSA) is 0 Å². The summed E-state index contributed by atoms with van der Waals surface area (Å²) >= 11 is 0. The van der Waals surface area contributed by atoms with Gasteiger partial charge in [0.15, 0.2) is 0 Å². The van der Waals surface area contributed by atoms with Gasteiger partial charge < -0.3 is 0 Å². The molecule has 1 aliphatic rings. The molecule has 0 radical (unpaired) electrons. The highest BCUT2D eigenvalue weighted by atomic mass is 31.1. The predicted molar refractivity (Wildman–Crippen MR) is 104 cm³/mol. The Morgan fingerprint density at radius 3 is 1.83 bits per heavy atom. The van der Waals surface area contributed by atoms with Crippen LogP contribution in [0.5, 0.6) is 0 Å². The van der Waals surface area contributed by atoms with Crippen LogP contribution >= 0.6 is 7.92 Å². The molecule has 0 amide bonds. The molecule has 2 aromatic rings. The van der Waals surface area contributed by atoms with Crippen molar-refractivity contribution >= 4 is 18.5 Å². The molecule has 0 saturated heterocycles. The molecule has 0 nitrogen and oxygen atoms in total. The molecule has 23 heavy (non-hydrogen) atoms. The fourth-order valence-electron chi connectivity index (χ4n) is 4.16. The fourth-order valence-corrected chi connectivity index (χ4v) is 7.66. The Hall–Kier alpha value is -1.13. The zero-order valence-electron chi connectivity index (χ0n) is 14.7. The Balaban J connectivity index is 2.03. The number of hydrogen-bond acceptors (Lipinski definition) is 0. The minimum absolute atomic E-state index is 0.267. The lowest BCUT2D eigenvalue weighted by Crippen LogP contribution is -2.35. The van der Waals surface area contributed by atoms with Crippen molar-refractivity contribution in [3.05, 3.63) is 60.7 Å². The van der Waals surface area contributed by atoms with Gasteiger partial charge in [-0.2, -0.15) is 0 Å². The SMILES string of the molecule is CC(C)[C@@H]1CC[C@H](C)C[C@H]1P(c1ccccc1)c1ccccc1. The summed E-state index contributed by atoms with van der Waals surface area (Å²) < 4.78 is 0. The van der Waals surface area contributed by atoms with Gasteiger partial charge in [0.2, 0.25) is 0 Å². The molecule has 1 aliphatic carbocycles. The van der Waals surface area contributed by atoms with Crippen LogP contribution in [0.15, 0.2) is 60.7 Å². The van der Waals surface area contributed by atoms with Crippen LogP contribution in [-0.2, 0) is 0 Å². The third-order valence-electron chi connectivity index (χ3n) is 5.39. The molecule has 0 bridgehead atoms. The molecule has 2 aromatic carbocycles. The van der Waals surface area contributed by atoms with Crippen molar-refractivity contribution in [2.24, 2.45) is 17.8 Å². The molecule has 0 heterocycles. The zero-order chi connectivity index (χ0) is 16.2. The second kappa shape index (κ2) is 7.63. The predicted octanol–water partition coefficient (Wildman–Crippen LogP) is 5.58. The minimum Gasteiger partial charge on any atom is -0.0625 e. The van der Waals surface area contributed by atoms with Gasteiger partial charge in [-0.3, -0.25) is 0 Å². The van der Waals surface area contributed by atoms with Crippen molar-refractivity contribution in [3.63, 3.8) is 0 Å². The summed E-state index contributed by atoms with van der Waals surface area (Å²) in [5.41, 5.74) is 0.818. The Morgan fingerprint density at radius 2 is 1.35 bits per heavy atom. The first-order chi connectivity index (χ1) is 11.2. The van der Waals surface area contributed by atoms with Crippen LogP contribution in [-0.4, -0.2) is 5.66 Å². The summed E-state index contributed by atoms with van der Waals surface area (Å²) in [4.78, 5) is 0. The quantitative estimate of drug-likeness (QED) is 0.644. The number of benzene rings is 2. The summed E-state index contributed by atoms with van der Waals surface area (Å²) in [6.45, 7) is 7.31. The normalized spacial score (nSPS) is 25.0. The second-order valence-corrected chi connectivity index (χ2v) is 9.87. The molecular weight excluding hydrogens is 295 g/mol. The van der Waals surface area contributed by atoms with Gasteiger partial charge in [0.1, 0.15) is 0 Å². The number of rotatable bonds is 4. The lowest BCUT2D eigenvalue weighted by atomic mass is 9.77. The Kier molecular flexibility index (Phi) is 5.54. The molecule has 0 unspecified atom stereocenters. The van der Waals surface area contributed by atoms with E-state index in [-0.39, 0.29) is 7.92 Å². The Bertz CT molecular complexity index is 550. The van der Waals surface area contributed by atoms with Crippen LogP contribution < -0.4 is 10.6 Å². The third-order valence-corrected chi connectivity index (χ3v) is 8.35. The van der Waals surface area contributed by atoms with Crippen LogP contribution in [0, 0.1) is 17.8 Å². The third kappa shape index (κ3) is 3.86. The first-order valence-corrected chi connectivity index (χ1v) is 10.5. The van der Waals surface area contributed by atoms with E-state index in [0.29, 0.717) is 0 Å². The van der Waals surface area contributed by atoms with E-state index in [4.69, 9.17) is 0 Å². The first kappa shape index (κ1) is 16.7. The average Bonchev–Trinajstić information content (AvgIpc) is 2.57. The van der Waals surface area contributed by atoms with Crippen molar-refractivity contribution in [3.8, 4) is 0 Å². The summed E-state index contributed by atoms with van der Waals surface area (Å²) in [5.74, 6) is 2.51. The van der Waals surface area contributed by atoms with Gasteiger partial charge in [-0.15, -0.1) is 0 Å². The van der Waals surface area contributed by atoms with Crippen LogP contribution in [0.3, 0.4) is 0 Å². The molecule has 0 spiro atoms. The number of hydrogen-bond donors (Lipinski definition) is 0. The molecule has 0 aliphatic heterocycles. The van der Waals surface area contributed by atoms with Gasteiger partial charge in [-0.1, -0.05) is 87.9 Å².